The quantitative estimate of drug-likeness (QED) is 0.646. The van der Waals surface area contributed by atoms with Gasteiger partial charge in [-0.1, -0.05) is 37.1 Å². The van der Waals surface area contributed by atoms with E-state index in [0.29, 0.717) is 0 Å². The molecule has 1 aliphatic carbocycles. The van der Waals surface area contributed by atoms with Gasteiger partial charge in [0.2, 0.25) is 0 Å². The van der Waals surface area contributed by atoms with E-state index in [1.54, 1.807) is 0 Å². The SMILES string of the molecule is Br.CCn1c2ccccc2c2cc(CNC3CCCC3)ccc21. The van der Waals surface area contributed by atoms with E-state index in [0.717, 1.165) is 19.1 Å². The number of benzene rings is 2. The van der Waals surface area contributed by atoms with E-state index in [1.165, 1.54) is 53.1 Å². The number of halogens is 1. The van der Waals surface area contributed by atoms with E-state index in [4.69, 9.17) is 0 Å². The number of hydrogen-bond donors (Lipinski definition) is 1. The Hall–Kier alpha value is -1.32. The van der Waals surface area contributed by atoms with Crippen molar-refractivity contribution in [2.75, 3.05) is 0 Å². The van der Waals surface area contributed by atoms with Crippen molar-refractivity contribution in [3.05, 3.63) is 48.0 Å². The van der Waals surface area contributed by atoms with Gasteiger partial charge < -0.3 is 9.88 Å². The Morgan fingerprint density at radius 1 is 1.00 bits per heavy atom. The molecule has 0 bridgehead atoms. The molecule has 0 aliphatic heterocycles. The summed E-state index contributed by atoms with van der Waals surface area (Å²) in [6, 6.07) is 16.5. The van der Waals surface area contributed by atoms with Crippen molar-refractivity contribution in [2.45, 2.75) is 51.7 Å². The summed E-state index contributed by atoms with van der Waals surface area (Å²) >= 11 is 0. The molecule has 1 aliphatic rings. The van der Waals surface area contributed by atoms with E-state index in [2.05, 4.69) is 59.3 Å². The van der Waals surface area contributed by atoms with Gasteiger partial charge in [0.25, 0.3) is 0 Å². The molecular formula is C20H25BrN2. The predicted molar refractivity (Wildman–Crippen MR) is 105 cm³/mol. The molecular weight excluding hydrogens is 348 g/mol. The van der Waals surface area contributed by atoms with E-state index in [1.807, 2.05) is 0 Å². The molecule has 2 aromatic carbocycles. The maximum atomic E-state index is 3.72. The molecule has 0 unspecified atom stereocenters. The van der Waals surface area contributed by atoms with E-state index in [-0.39, 0.29) is 17.0 Å². The van der Waals surface area contributed by atoms with Crippen LogP contribution in [-0.4, -0.2) is 10.6 Å². The van der Waals surface area contributed by atoms with Gasteiger partial charge >= 0.3 is 0 Å². The standard InChI is InChI=1S/C20H24N2.BrH/c1-2-22-19-10-6-5-9-17(19)18-13-15(11-12-20(18)22)14-21-16-7-3-4-8-16;/h5-6,9-13,16,21H,2-4,7-8,14H2,1H3;1H. The second-order valence-electron chi connectivity index (χ2n) is 6.48. The van der Waals surface area contributed by atoms with Gasteiger partial charge in [-0.3, -0.25) is 0 Å². The second-order valence-corrected chi connectivity index (χ2v) is 6.48. The van der Waals surface area contributed by atoms with Gasteiger partial charge in [0.05, 0.1) is 0 Å². The van der Waals surface area contributed by atoms with Crippen LogP contribution in [0.1, 0.15) is 38.2 Å². The van der Waals surface area contributed by atoms with Crippen molar-refractivity contribution >= 4 is 38.8 Å². The molecule has 1 N–H and O–H groups in total. The first-order chi connectivity index (χ1) is 10.9. The van der Waals surface area contributed by atoms with E-state index in [9.17, 15) is 0 Å². The zero-order chi connectivity index (χ0) is 14.9. The molecule has 0 spiro atoms. The average Bonchev–Trinajstić information content (AvgIpc) is 3.18. The van der Waals surface area contributed by atoms with Crippen molar-refractivity contribution in [1.29, 1.82) is 0 Å². The molecule has 3 aromatic rings. The van der Waals surface area contributed by atoms with Crippen molar-refractivity contribution in [3.8, 4) is 0 Å². The van der Waals surface area contributed by atoms with Crippen LogP contribution < -0.4 is 5.32 Å². The van der Waals surface area contributed by atoms with Gasteiger partial charge in [-0.15, -0.1) is 17.0 Å². The van der Waals surface area contributed by atoms with Crippen LogP contribution in [0.4, 0.5) is 0 Å². The van der Waals surface area contributed by atoms with Gasteiger partial charge in [-0.05, 0) is 43.5 Å². The molecule has 0 saturated heterocycles. The summed E-state index contributed by atoms with van der Waals surface area (Å²) in [5, 5.41) is 6.49. The lowest BCUT2D eigenvalue weighted by atomic mass is 10.1. The Labute approximate surface area is 148 Å². The lowest BCUT2D eigenvalue weighted by Crippen LogP contribution is -2.25. The predicted octanol–water partition coefficient (Wildman–Crippen LogP) is 5.42. The molecule has 0 atom stereocenters. The number of hydrogen-bond acceptors (Lipinski definition) is 1. The zero-order valence-corrected chi connectivity index (χ0v) is 15.4. The maximum absolute atomic E-state index is 3.72. The Bertz CT molecular complexity index is 800. The fraction of sp³-hybridized carbons (Fsp3) is 0.400. The van der Waals surface area contributed by atoms with E-state index >= 15 is 0 Å². The van der Waals surface area contributed by atoms with Gasteiger partial charge in [-0.2, -0.15) is 0 Å². The second kappa shape index (κ2) is 7.06. The average molecular weight is 373 g/mol. The third-order valence-electron chi connectivity index (χ3n) is 5.10. The van der Waals surface area contributed by atoms with Crippen LogP contribution in [0.15, 0.2) is 42.5 Å². The van der Waals surface area contributed by atoms with Crippen molar-refractivity contribution < 1.29 is 0 Å². The van der Waals surface area contributed by atoms with Crippen LogP contribution in [0, 0.1) is 0 Å². The highest BCUT2D eigenvalue weighted by atomic mass is 79.9. The first kappa shape index (κ1) is 16.5. The van der Waals surface area contributed by atoms with Crippen molar-refractivity contribution in [2.24, 2.45) is 0 Å². The van der Waals surface area contributed by atoms with Gasteiger partial charge in [0.1, 0.15) is 0 Å². The summed E-state index contributed by atoms with van der Waals surface area (Å²) in [5.41, 5.74) is 4.10. The highest BCUT2D eigenvalue weighted by Crippen LogP contribution is 2.29. The van der Waals surface area contributed by atoms with Crippen molar-refractivity contribution in [3.63, 3.8) is 0 Å². The third-order valence-corrected chi connectivity index (χ3v) is 5.10. The molecule has 1 heterocycles. The van der Waals surface area contributed by atoms with Crippen LogP contribution in [-0.2, 0) is 13.1 Å². The number of rotatable bonds is 4. The van der Waals surface area contributed by atoms with E-state index < -0.39 is 0 Å². The normalized spacial score (nSPS) is 15.3. The fourth-order valence-corrected chi connectivity index (χ4v) is 3.94. The van der Waals surface area contributed by atoms with Crippen LogP contribution in [0.3, 0.4) is 0 Å². The Kier molecular flexibility index (Phi) is 5.08. The van der Waals surface area contributed by atoms with Gasteiger partial charge in [0.15, 0.2) is 0 Å². The Balaban J connectivity index is 0.00000156. The zero-order valence-electron chi connectivity index (χ0n) is 13.7. The summed E-state index contributed by atoms with van der Waals surface area (Å²) in [4.78, 5) is 0. The first-order valence-electron chi connectivity index (χ1n) is 8.60. The lowest BCUT2D eigenvalue weighted by molar-refractivity contribution is 0.524. The number of fused-ring (bicyclic) bond motifs is 3. The third kappa shape index (κ3) is 3.05. The van der Waals surface area contributed by atoms with Gasteiger partial charge in [0, 0.05) is 40.9 Å². The monoisotopic (exact) mass is 372 g/mol. The number of aromatic nitrogens is 1. The first-order valence-corrected chi connectivity index (χ1v) is 8.60. The highest BCUT2D eigenvalue weighted by Gasteiger charge is 2.14. The number of para-hydroxylation sites is 1. The smallest absolute Gasteiger partial charge is 0.0491 e. The number of aryl methyl sites for hydroxylation is 1. The summed E-state index contributed by atoms with van der Waals surface area (Å²) in [6.45, 7) is 4.23. The Morgan fingerprint density at radius 3 is 2.52 bits per heavy atom. The molecule has 0 amide bonds. The number of nitrogens with zero attached hydrogens (tertiary/aromatic N) is 1. The lowest BCUT2D eigenvalue weighted by Gasteiger charge is -2.12. The van der Waals surface area contributed by atoms with Gasteiger partial charge in [-0.25, -0.2) is 0 Å². The number of nitrogens with one attached hydrogen (secondary N) is 1. The van der Waals surface area contributed by atoms with Crippen LogP contribution in [0.2, 0.25) is 0 Å². The fourth-order valence-electron chi connectivity index (χ4n) is 3.94. The molecule has 4 rings (SSSR count). The van der Waals surface area contributed by atoms with Crippen LogP contribution >= 0.6 is 17.0 Å². The molecule has 122 valence electrons. The molecule has 3 heteroatoms. The van der Waals surface area contributed by atoms with Crippen LogP contribution in [0.25, 0.3) is 21.8 Å². The Morgan fingerprint density at radius 2 is 1.74 bits per heavy atom. The van der Waals surface area contributed by atoms with Crippen molar-refractivity contribution in [1.82, 2.24) is 9.88 Å². The molecule has 1 saturated carbocycles. The minimum Gasteiger partial charge on any atom is -0.341 e. The summed E-state index contributed by atoms with van der Waals surface area (Å²) < 4.78 is 2.42. The highest BCUT2D eigenvalue weighted by molar-refractivity contribution is 8.93. The summed E-state index contributed by atoms with van der Waals surface area (Å²) in [6.07, 6.45) is 5.47. The minimum absolute atomic E-state index is 0. The summed E-state index contributed by atoms with van der Waals surface area (Å²) in [5.74, 6) is 0. The minimum atomic E-state index is 0. The molecule has 23 heavy (non-hydrogen) atoms. The summed E-state index contributed by atoms with van der Waals surface area (Å²) in [7, 11) is 0. The molecule has 2 nitrogen and oxygen atoms in total. The topological polar surface area (TPSA) is 17.0 Å². The maximum Gasteiger partial charge on any atom is 0.0491 e. The van der Waals surface area contributed by atoms with Crippen LogP contribution in [0.5, 0.6) is 0 Å². The molecule has 0 radical (unpaired) electrons. The molecule has 1 fully saturated rings. The molecule has 1 aromatic heterocycles. The largest absolute Gasteiger partial charge is 0.341 e.